The van der Waals surface area contributed by atoms with Crippen LogP contribution < -0.4 is 10.6 Å². The number of imidazole rings is 1. The van der Waals surface area contributed by atoms with Gasteiger partial charge in [0.1, 0.15) is 0 Å². The zero-order valence-corrected chi connectivity index (χ0v) is 15.9. The van der Waals surface area contributed by atoms with Gasteiger partial charge in [-0.05, 0) is 24.3 Å². The van der Waals surface area contributed by atoms with E-state index in [-0.39, 0.29) is 34.6 Å². The molecule has 2 N–H and O–H groups in total. The topological polar surface area (TPSA) is 110 Å². The van der Waals surface area contributed by atoms with Crippen molar-refractivity contribution in [1.82, 2.24) is 14.7 Å². The minimum Gasteiger partial charge on any atom is -0.349 e. The molecule has 0 radical (unpaired) electrons. The Morgan fingerprint density at radius 2 is 1.86 bits per heavy atom. The van der Waals surface area contributed by atoms with Gasteiger partial charge in [0.2, 0.25) is 15.0 Å². The molecule has 3 rings (SSSR count). The molecule has 144 valence electrons. The smallest absolute Gasteiger partial charge is 0.276 e. The van der Waals surface area contributed by atoms with Gasteiger partial charge >= 0.3 is 0 Å². The molecule has 0 aliphatic rings. The van der Waals surface area contributed by atoms with E-state index in [1.165, 1.54) is 10.6 Å². The molecular formula is C19H18N4O4S. The highest BCUT2D eigenvalue weighted by Crippen LogP contribution is 2.20. The zero-order chi connectivity index (χ0) is 20.3. The molecule has 0 unspecified atom stereocenters. The van der Waals surface area contributed by atoms with Gasteiger partial charge < -0.3 is 10.6 Å². The van der Waals surface area contributed by atoms with Gasteiger partial charge in [-0.2, -0.15) is 0 Å². The highest BCUT2D eigenvalue weighted by Gasteiger charge is 2.23. The number of anilines is 1. The minimum absolute atomic E-state index is 0.0534. The molecule has 2 aromatic heterocycles. The van der Waals surface area contributed by atoms with Crippen LogP contribution in [0.15, 0.2) is 66.5 Å². The van der Waals surface area contributed by atoms with E-state index >= 15 is 0 Å². The molecule has 28 heavy (non-hydrogen) atoms. The number of aromatic nitrogens is 2. The van der Waals surface area contributed by atoms with Crippen LogP contribution in [0.2, 0.25) is 0 Å². The summed E-state index contributed by atoms with van der Waals surface area (Å²) in [6.45, 7) is 3.83. The van der Waals surface area contributed by atoms with E-state index in [2.05, 4.69) is 22.2 Å². The van der Waals surface area contributed by atoms with Gasteiger partial charge in [-0.1, -0.05) is 24.3 Å². The molecule has 9 heteroatoms. The Hall–Kier alpha value is -3.46. The molecule has 0 saturated heterocycles. The van der Waals surface area contributed by atoms with Crippen LogP contribution in [0.4, 0.5) is 5.69 Å². The number of pyridine rings is 1. The van der Waals surface area contributed by atoms with Gasteiger partial charge in [-0.15, -0.1) is 6.58 Å². The van der Waals surface area contributed by atoms with E-state index in [9.17, 15) is 18.0 Å². The Balaban J connectivity index is 2.00. The summed E-state index contributed by atoms with van der Waals surface area (Å²) in [5.74, 6) is -0.995. The lowest BCUT2D eigenvalue weighted by Gasteiger charge is -2.10. The van der Waals surface area contributed by atoms with Gasteiger partial charge in [0.05, 0.1) is 16.8 Å². The standard InChI is InChI=1S/C19H18N4O4S/c1-3-11-20-17(24)13-8-4-5-9-14(13)21-18(25)16-15-10-6-7-12-23(15)19(22-16)28(2,26)27/h3-10,12H,1,11H2,2H3,(H,20,24)(H,21,25). The first-order valence-electron chi connectivity index (χ1n) is 8.29. The highest BCUT2D eigenvalue weighted by atomic mass is 32.2. The second-order valence-electron chi connectivity index (χ2n) is 5.97. The maximum absolute atomic E-state index is 12.8. The summed E-state index contributed by atoms with van der Waals surface area (Å²) < 4.78 is 25.4. The number of benzene rings is 1. The van der Waals surface area contributed by atoms with Crippen LogP contribution in [-0.2, 0) is 9.84 Å². The predicted octanol–water partition coefficient (Wildman–Crippen LogP) is 1.91. The fraction of sp³-hybridized carbons (Fsp3) is 0.105. The fourth-order valence-electron chi connectivity index (χ4n) is 2.67. The maximum Gasteiger partial charge on any atom is 0.276 e. The molecule has 8 nitrogen and oxygen atoms in total. The lowest BCUT2D eigenvalue weighted by molar-refractivity contribution is 0.0959. The molecular weight excluding hydrogens is 380 g/mol. The second-order valence-corrected chi connectivity index (χ2v) is 7.88. The van der Waals surface area contributed by atoms with Crippen LogP contribution >= 0.6 is 0 Å². The first kappa shape index (κ1) is 19.3. The van der Waals surface area contributed by atoms with E-state index in [0.717, 1.165) is 6.26 Å². The number of carbonyl (C=O) groups is 2. The maximum atomic E-state index is 12.8. The lowest BCUT2D eigenvalue weighted by atomic mass is 10.1. The van der Waals surface area contributed by atoms with Crippen molar-refractivity contribution in [2.24, 2.45) is 0 Å². The number of para-hydroxylation sites is 1. The van der Waals surface area contributed by atoms with Crippen LogP contribution in [0.1, 0.15) is 20.8 Å². The van der Waals surface area contributed by atoms with Crippen LogP contribution in [0.3, 0.4) is 0 Å². The summed E-state index contributed by atoms with van der Waals surface area (Å²) in [4.78, 5) is 29.1. The number of amides is 2. The zero-order valence-electron chi connectivity index (χ0n) is 15.0. The minimum atomic E-state index is -3.65. The Bertz CT molecular complexity index is 1180. The molecule has 0 bridgehead atoms. The van der Waals surface area contributed by atoms with Crippen molar-refractivity contribution in [2.45, 2.75) is 5.16 Å². The number of carbonyl (C=O) groups excluding carboxylic acids is 2. The monoisotopic (exact) mass is 398 g/mol. The SMILES string of the molecule is C=CCNC(=O)c1ccccc1NC(=O)c1nc(S(C)(=O)=O)n2ccccc12. The first-order valence-corrected chi connectivity index (χ1v) is 10.2. The van der Waals surface area contributed by atoms with E-state index in [1.807, 2.05) is 0 Å². The summed E-state index contributed by atoms with van der Waals surface area (Å²) in [7, 11) is -3.65. The normalized spacial score (nSPS) is 11.2. The Morgan fingerprint density at radius 3 is 2.57 bits per heavy atom. The third-order valence-corrected chi connectivity index (χ3v) is 4.84. The summed E-state index contributed by atoms with van der Waals surface area (Å²) in [5.41, 5.74) is 0.841. The molecule has 3 aromatic rings. The van der Waals surface area contributed by atoms with Crippen LogP contribution in [-0.4, -0.2) is 42.4 Å². The largest absolute Gasteiger partial charge is 0.349 e. The molecule has 0 fully saturated rings. The van der Waals surface area contributed by atoms with Crippen LogP contribution in [0.5, 0.6) is 0 Å². The molecule has 0 aliphatic carbocycles. The Kier molecular flexibility index (Phi) is 5.27. The van der Waals surface area contributed by atoms with Gasteiger partial charge in [-0.3, -0.25) is 14.0 Å². The number of rotatable bonds is 6. The van der Waals surface area contributed by atoms with Crippen molar-refractivity contribution >= 4 is 32.9 Å². The van der Waals surface area contributed by atoms with Crippen LogP contribution in [0.25, 0.3) is 5.52 Å². The number of fused-ring (bicyclic) bond motifs is 1. The van der Waals surface area contributed by atoms with E-state index in [1.54, 1.807) is 48.5 Å². The van der Waals surface area contributed by atoms with Crippen molar-refractivity contribution in [3.63, 3.8) is 0 Å². The van der Waals surface area contributed by atoms with Gasteiger partial charge in [0, 0.05) is 19.0 Å². The number of hydrogen-bond acceptors (Lipinski definition) is 5. The van der Waals surface area contributed by atoms with Gasteiger partial charge in [0.15, 0.2) is 5.69 Å². The average molecular weight is 398 g/mol. The summed E-state index contributed by atoms with van der Waals surface area (Å²) in [6, 6.07) is 11.4. The summed E-state index contributed by atoms with van der Waals surface area (Å²) in [5, 5.41) is 5.06. The molecule has 1 aromatic carbocycles. The van der Waals surface area contributed by atoms with Crippen molar-refractivity contribution in [2.75, 3.05) is 18.1 Å². The number of nitrogens with zero attached hydrogens (tertiary/aromatic N) is 2. The number of hydrogen-bond donors (Lipinski definition) is 2. The third-order valence-electron chi connectivity index (χ3n) is 3.89. The van der Waals surface area contributed by atoms with Crippen molar-refractivity contribution < 1.29 is 18.0 Å². The lowest BCUT2D eigenvalue weighted by Crippen LogP contribution is -2.25. The summed E-state index contributed by atoms with van der Waals surface area (Å²) in [6.07, 6.45) is 4.09. The molecule has 2 heterocycles. The van der Waals surface area contributed by atoms with E-state index < -0.39 is 15.7 Å². The third kappa shape index (κ3) is 3.79. The van der Waals surface area contributed by atoms with Gasteiger partial charge in [0.25, 0.3) is 11.8 Å². The quantitative estimate of drug-likeness (QED) is 0.617. The van der Waals surface area contributed by atoms with Gasteiger partial charge in [-0.25, -0.2) is 13.4 Å². The fourth-order valence-corrected chi connectivity index (χ4v) is 3.44. The highest BCUT2D eigenvalue weighted by molar-refractivity contribution is 7.90. The van der Waals surface area contributed by atoms with Crippen molar-refractivity contribution in [1.29, 1.82) is 0 Å². The predicted molar refractivity (Wildman–Crippen MR) is 105 cm³/mol. The molecule has 0 saturated carbocycles. The van der Waals surface area contributed by atoms with Crippen molar-refractivity contribution in [3.05, 3.63) is 72.6 Å². The molecule has 0 spiro atoms. The Labute approximate surface area is 161 Å². The Morgan fingerprint density at radius 1 is 1.14 bits per heavy atom. The van der Waals surface area contributed by atoms with Crippen molar-refractivity contribution in [3.8, 4) is 0 Å². The average Bonchev–Trinajstić information content (AvgIpc) is 3.07. The van der Waals surface area contributed by atoms with Crippen LogP contribution in [0, 0.1) is 0 Å². The first-order chi connectivity index (χ1) is 13.3. The number of nitrogens with one attached hydrogen (secondary N) is 2. The van der Waals surface area contributed by atoms with E-state index in [4.69, 9.17) is 0 Å². The molecule has 0 atom stereocenters. The molecule has 2 amide bonds. The summed E-state index contributed by atoms with van der Waals surface area (Å²) >= 11 is 0. The van der Waals surface area contributed by atoms with E-state index in [0.29, 0.717) is 5.52 Å². The second kappa shape index (κ2) is 7.65. The number of sulfone groups is 1. The molecule has 0 aliphatic heterocycles.